The van der Waals surface area contributed by atoms with Gasteiger partial charge in [0.15, 0.2) is 11.2 Å². The molecule has 0 aliphatic heterocycles. The fourth-order valence-corrected chi connectivity index (χ4v) is 1.60. The van der Waals surface area contributed by atoms with Crippen LogP contribution in [0.2, 0.25) is 0 Å². The highest BCUT2D eigenvalue weighted by atomic mass is 16.1. The maximum absolute atomic E-state index is 11.4. The molecule has 0 spiro atoms. The summed E-state index contributed by atoms with van der Waals surface area (Å²) in [6.07, 6.45) is 2.91. The first-order valence-electron chi connectivity index (χ1n) is 5.10. The van der Waals surface area contributed by atoms with E-state index >= 15 is 0 Å². The maximum Gasteiger partial charge on any atom is 0.278 e. The van der Waals surface area contributed by atoms with Crippen LogP contribution in [0.5, 0.6) is 0 Å². The second-order valence-corrected chi connectivity index (χ2v) is 3.53. The van der Waals surface area contributed by atoms with Crippen molar-refractivity contribution in [1.82, 2.24) is 19.9 Å². The van der Waals surface area contributed by atoms with Crippen molar-refractivity contribution in [3.05, 3.63) is 53.2 Å². The van der Waals surface area contributed by atoms with E-state index in [4.69, 9.17) is 0 Å². The third-order valence-corrected chi connectivity index (χ3v) is 2.42. The van der Waals surface area contributed by atoms with Crippen LogP contribution in [-0.4, -0.2) is 19.9 Å². The van der Waals surface area contributed by atoms with Crippen LogP contribution in [0, 0.1) is 0 Å². The fourth-order valence-electron chi connectivity index (χ4n) is 1.60. The molecule has 2 aromatic heterocycles. The van der Waals surface area contributed by atoms with Crippen molar-refractivity contribution < 1.29 is 0 Å². The molecule has 0 fully saturated rings. The molecule has 0 amide bonds. The number of aromatic nitrogens is 4. The standard InChI is InChI=1S/C12H8N4O/c17-12-10-11(14-7-15-12)16-9(6-13-10)8-4-2-1-3-5-8/h1-7H,(H,14,15,16,17). The largest absolute Gasteiger partial charge is 0.311 e. The van der Waals surface area contributed by atoms with Gasteiger partial charge in [-0.3, -0.25) is 4.79 Å². The highest BCUT2D eigenvalue weighted by Crippen LogP contribution is 2.15. The van der Waals surface area contributed by atoms with E-state index in [2.05, 4.69) is 19.9 Å². The predicted octanol–water partition coefficient (Wildman–Crippen LogP) is 1.38. The first-order valence-corrected chi connectivity index (χ1v) is 5.10. The number of nitrogens with one attached hydrogen (secondary N) is 1. The van der Waals surface area contributed by atoms with Gasteiger partial charge < -0.3 is 4.98 Å². The summed E-state index contributed by atoms with van der Waals surface area (Å²) in [5, 5.41) is 0. The fraction of sp³-hybridized carbons (Fsp3) is 0. The van der Waals surface area contributed by atoms with Gasteiger partial charge in [-0.15, -0.1) is 0 Å². The van der Waals surface area contributed by atoms with Crippen LogP contribution in [0.25, 0.3) is 22.4 Å². The molecule has 0 aliphatic rings. The lowest BCUT2D eigenvalue weighted by Crippen LogP contribution is -2.09. The highest BCUT2D eigenvalue weighted by Gasteiger charge is 2.05. The van der Waals surface area contributed by atoms with E-state index in [9.17, 15) is 4.79 Å². The van der Waals surface area contributed by atoms with Crippen molar-refractivity contribution in [3.8, 4) is 11.3 Å². The Bertz CT molecular complexity index is 721. The Morgan fingerprint density at radius 3 is 2.71 bits per heavy atom. The summed E-state index contributed by atoms with van der Waals surface area (Å²) in [5.74, 6) is 0. The minimum absolute atomic E-state index is 0.257. The van der Waals surface area contributed by atoms with Gasteiger partial charge in [-0.2, -0.15) is 0 Å². The van der Waals surface area contributed by atoms with Gasteiger partial charge in [0, 0.05) is 5.56 Å². The van der Waals surface area contributed by atoms with Gasteiger partial charge in [0.2, 0.25) is 0 Å². The number of hydrogen-bond donors (Lipinski definition) is 1. The zero-order valence-corrected chi connectivity index (χ0v) is 8.79. The van der Waals surface area contributed by atoms with Crippen molar-refractivity contribution in [1.29, 1.82) is 0 Å². The van der Waals surface area contributed by atoms with Crippen molar-refractivity contribution in [2.24, 2.45) is 0 Å². The van der Waals surface area contributed by atoms with Gasteiger partial charge in [0.05, 0.1) is 18.2 Å². The molecule has 0 atom stereocenters. The topological polar surface area (TPSA) is 71.5 Å². The molecule has 1 aromatic carbocycles. The number of hydrogen-bond acceptors (Lipinski definition) is 4. The summed E-state index contributed by atoms with van der Waals surface area (Å²) in [6.45, 7) is 0. The number of aromatic amines is 1. The van der Waals surface area contributed by atoms with Gasteiger partial charge in [0.25, 0.3) is 5.56 Å². The summed E-state index contributed by atoms with van der Waals surface area (Å²) >= 11 is 0. The number of rotatable bonds is 1. The van der Waals surface area contributed by atoms with Gasteiger partial charge in [-0.05, 0) is 0 Å². The van der Waals surface area contributed by atoms with Gasteiger partial charge >= 0.3 is 0 Å². The molecule has 3 aromatic rings. The zero-order valence-electron chi connectivity index (χ0n) is 8.79. The molecule has 0 unspecified atom stereocenters. The van der Waals surface area contributed by atoms with E-state index in [1.54, 1.807) is 6.20 Å². The second-order valence-electron chi connectivity index (χ2n) is 3.53. The van der Waals surface area contributed by atoms with Gasteiger partial charge in [-0.25, -0.2) is 15.0 Å². The molecule has 1 N–H and O–H groups in total. The molecular weight excluding hydrogens is 216 g/mol. The van der Waals surface area contributed by atoms with Crippen molar-refractivity contribution in [3.63, 3.8) is 0 Å². The molecule has 82 valence electrons. The van der Waals surface area contributed by atoms with Gasteiger partial charge in [0.1, 0.15) is 0 Å². The van der Waals surface area contributed by atoms with E-state index < -0.39 is 0 Å². The minimum atomic E-state index is -0.276. The smallest absolute Gasteiger partial charge is 0.278 e. The SMILES string of the molecule is O=c1[nH]cnc2nc(-c3ccccc3)cnc12. The van der Waals surface area contributed by atoms with Crippen LogP contribution in [0.4, 0.5) is 0 Å². The summed E-state index contributed by atoms with van der Waals surface area (Å²) in [5.41, 5.74) is 1.99. The summed E-state index contributed by atoms with van der Waals surface area (Å²) in [4.78, 5) is 26.3. The molecule has 5 heteroatoms. The van der Waals surface area contributed by atoms with Crippen LogP contribution in [-0.2, 0) is 0 Å². The van der Waals surface area contributed by atoms with Crippen molar-refractivity contribution >= 4 is 11.2 Å². The van der Waals surface area contributed by atoms with Crippen LogP contribution < -0.4 is 5.56 Å². The third kappa shape index (κ3) is 1.67. The van der Waals surface area contributed by atoms with E-state index in [0.717, 1.165) is 5.56 Å². The van der Waals surface area contributed by atoms with Crippen LogP contribution in [0.1, 0.15) is 0 Å². The Kier molecular flexibility index (Phi) is 2.15. The predicted molar refractivity (Wildman–Crippen MR) is 63.4 cm³/mol. The van der Waals surface area contributed by atoms with Crippen LogP contribution >= 0.6 is 0 Å². The lowest BCUT2D eigenvalue weighted by Gasteiger charge is -2.00. The number of benzene rings is 1. The molecule has 5 nitrogen and oxygen atoms in total. The molecule has 17 heavy (non-hydrogen) atoms. The molecule has 0 saturated carbocycles. The molecule has 3 rings (SSSR count). The highest BCUT2D eigenvalue weighted by molar-refractivity contribution is 5.71. The van der Waals surface area contributed by atoms with Gasteiger partial charge in [-0.1, -0.05) is 30.3 Å². The quantitative estimate of drug-likeness (QED) is 0.677. The van der Waals surface area contributed by atoms with Crippen molar-refractivity contribution in [2.45, 2.75) is 0 Å². The second kappa shape index (κ2) is 3.79. The summed E-state index contributed by atoms with van der Waals surface area (Å²) < 4.78 is 0. The third-order valence-electron chi connectivity index (χ3n) is 2.42. The lowest BCUT2D eigenvalue weighted by molar-refractivity contribution is 1.11. The average molecular weight is 224 g/mol. The lowest BCUT2D eigenvalue weighted by atomic mass is 10.2. The molecule has 0 saturated heterocycles. The molecule has 0 aliphatic carbocycles. The first kappa shape index (κ1) is 9.65. The molecule has 0 radical (unpaired) electrons. The van der Waals surface area contributed by atoms with E-state index in [1.807, 2.05) is 30.3 Å². The molecule has 0 bridgehead atoms. The van der Waals surface area contributed by atoms with Crippen molar-refractivity contribution in [2.75, 3.05) is 0 Å². The Balaban J connectivity index is 2.25. The first-order chi connectivity index (χ1) is 8.34. The Hall–Kier alpha value is -2.56. The monoisotopic (exact) mass is 224 g/mol. The normalized spacial score (nSPS) is 10.6. The van der Waals surface area contributed by atoms with E-state index in [-0.39, 0.29) is 11.1 Å². The number of H-pyrrole nitrogens is 1. The number of fused-ring (bicyclic) bond motifs is 1. The molecular formula is C12H8N4O. The van der Waals surface area contributed by atoms with Crippen LogP contribution in [0.3, 0.4) is 0 Å². The summed E-state index contributed by atoms with van der Waals surface area (Å²) in [7, 11) is 0. The Morgan fingerprint density at radius 2 is 1.88 bits per heavy atom. The zero-order chi connectivity index (χ0) is 11.7. The average Bonchev–Trinajstić information content (AvgIpc) is 2.40. The Morgan fingerprint density at radius 1 is 1.06 bits per heavy atom. The van der Waals surface area contributed by atoms with Crippen LogP contribution in [0.15, 0.2) is 47.7 Å². The Labute approximate surface area is 96.2 Å². The van der Waals surface area contributed by atoms with E-state index in [0.29, 0.717) is 11.3 Å². The minimum Gasteiger partial charge on any atom is -0.311 e. The summed E-state index contributed by atoms with van der Waals surface area (Å²) in [6, 6.07) is 9.64. The maximum atomic E-state index is 11.4. The number of nitrogens with zero attached hydrogens (tertiary/aromatic N) is 3. The van der Waals surface area contributed by atoms with E-state index in [1.165, 1.54) is 6.33 Å². The molecule has 2 heterocycles.